The van der Waals surface area contributed by atoms with Gasteiger partial charge >= 0.3 is 0 Å². The van der Waals surface area contributed by atoms with Crippen molar-refractivity contribution in [2.45, 2.75) is 26.1 Å². The van der Waals surface area contributed by atoms with Gasteiger partial charge in [0.25, 0.3) is 0 Å². The molecule has 0 saturated heterocycles. The lowest BCUT2D eigenvalue weighted by molar-refractivity contribution is 0.0812. The van der Waals surface area contributed by atoms with E-state index < -0.39 is 27.7 Å². The summed E-state index contributed by atoms with van der Waals surface area (Å²) in [5, 5.41) is 0. The molecule has 3 rings (SSSR count). The van der Waals surface area contributed by atoms with E-state index in [0.717, 1.165) is 17.4 Å². The van der Waals surface area contributed by atoms with Crippen molar-refractivity contribution in [1.29, 1.82) is 0 Å². The monoisotopic (exact) mass is 440 g/mol. The lowest BCUT2D eigenvalue weighted by atomic mass is 10.0. The number of carbonyl (C=O) groups is 1. The van der Waals surface area contributed by atoms with Crippen molar-refractivity contribution in [3.05, 3.63) is 101 Å². The van der Waals surface area contributed by atoms with Crippen molar-refractivity contribution in [1.82, 2.24) is 4.90 Å². The standard InChI is InChI=1S/C24H25FN2O3S/c1-18(24(28)21-14-9-15-22(23(21)25)26-31(2,29)30)27(16-19-10-5-3-6-11-19)17-20-12-7-4-8-13-20/h3-15,18,26H,16-17H2,1-2H3. The van der Waals surface area contributed by atoms with E-state index in [1.54, 1.807) is 6.92 Å². The maximum Gasteiger partial charge on any atom is 0.229 e. The molecule has 0 radical (unpaired) electrons. The first-order valence-corrected chi connectivity index (χ1v) is 11.8. The second kappa shape index (κ2) is 9.85. The van der Waals surface area contributed by atoms with E-state index in [4.69, 9.17) is 0 Å². The van der Waals surface area contributed by atoms with E-state index >= 15 is 0 Å². The van der Waals surface area contributed by atoms with Crippen LogP contribution >= 0.6 is 0 Å². The number of hydrogen-bond acceptors (Lipinski definition) is 4. The summed E-state index contributed by atoms with van der Waals surface area (Å²) in [5.74, 6) is -1.29. The van der Waals surface area contributed by atoms with Gasteiger partial charge in [0.1, 0.15) is 0 Å². The molecule has 0 saturated carbocycles. The number of halogens is 1. The Balaban J connectivity index is 1.90. The zero-order valence-electron chi connectivity index (χ0n) is 17.5. The van der Waals surface area contributed by atoms with Gasteiger partial charge in [0.2, 0.25) is 10.0 Å². The van der Waals surface area contributed by atoms with Gasteiger partial charge in [-0.05, 0) is 30.2 Å². The number of hydrogen-bond donors (Lipinski definition) is 1. The molecule has 0 fully saturated rings. The van der Waals surface area contributed by atoms with Crippen molar-refractivity contribution in [3.8, 4) is 0 Å². The summed E-state index contributed by atoms with van der Waals surface area (Å²) < 4.78 is 40.1. The van der Waals surface area contributed by atoms with Crippen LogP contribution in [0.2, 0.25) is 0 Å². The topological polar surface area (TPSA) is 66.5 Å². The van der Waals surface area contributed by atoms with Crippen LogP contribution in [-0.2, 0) is 23.1 Å². The molecular formula is C24H25FN2O3S. The maximum atomic E-state index is 15.0. The maximum absolute atomic E-state index is 15.0. The van der Waals surface area contributed by atoms with Gasteiger partial charge in [-0.3, -0.25) is 14.4 Å². The molecule has 0 heterocycles. The second-order valence-electron chi connectivity index (χ2n) is 7.46. The van der Waals surface area contributed by atoms with Crippen molar-refractivity contribution < 1.29 is 17.6 Å². The van der Waals surface area contributed by atoms with Crippen LogP contribution < -0.4 is 4.72 Å². The second-order valence-corrected chi connectivity index (χ2v) is 9.21. The molecule has 1 N–H and O–H groups in total. The fourth-order valence-electron chi connectivity index (χ4n) is 3.36. The zero-order chi connectivity index (χ0) is 22.4. The number of ketones is 1. The highest BCUT2D eigenvalue weighted by Crippen LogP contribution is 2.23. The van der Waals surface area contributed by atoms with Gasteiger partial charge < -0.3 is 0 Å². The van der Waals surface area contributed by atoms with Gasteiger partial charge in [0, 0.05) is 13.1 Å². The first-order valence-electron chi connectivity index (χ1n) is 9.87. The summed E-state index contributed by atoms with van der Waals surface area (Å²) in [5.41, 5.74) is 1.68. The summed E-state index contributed by atoms with van der Waals surface area (Å²) in [4.78, 5) is 15.2. The van der Waals surface area contributed by atoms with E-state index in [9.17, 15) is 17.6 Å². The largest absolute Gasteiger partial charge is 0.292 e. The Morgan fingerprint density at radius 3 is 1.90 bits per heavy atom. The number of Topliss-reactive ketones (excluding diaryl/α,β-unsaturated/α-hetero) is 1. The number of nitrogens with one attached hydrogen (secondary N) is 1. The molecular weight excluding hydrogens is 415 g/mol. The van der Waals surface area contributed by atoms with Crippen LogP contribution in [0.5, 0.6) is 0 Å². The van der Waals surface area contributed by atoms with Crippen LogP contribution in [0.25, 0.3) is 0 Å². The molecule has 0 aliphatic carbocycles. The van der Waals surface area contributed by atoms with Gasteiger partial charge in [0.15, 0.2) is 11.6 Å². The Morgan fingerprint density at radius 1 is 0.903 bits per heavy atom. The number of nitrogens with zero attached hydrogens (tertiary/aromatic N) is 1. The number of carbonyl (C=O) groups excluding carboxylic acids is 1. The fraction of sp³-hybridized carbons (Fsp3) is 0.208. The van der Waals surface area contributed by atoms with Gasteiger partial charge in [-0.25, -0.2) is 12.8 Å². The summed E-state index contributed by atoms with van der Waals surface area (Å²) in [7, 11) is -3.67. The Morgan fingerprint density at radius 2 is 1.42 bits per heavy atom. The highest BCUT2D eigenvalue weighted by molar-refractivity contribution is 7.92. The SMILES string of the molecule is CC(C(=O)c1cccc(NS(C)(=O)=O)c1F)N(Cc1ccccc1)Cc1ccccc1. The highest BCUT2D eigenvalue weighted by Gasteiger charge is 2.26. The van der Waals surface area contributed by atoms with Crippen molar-refractivity contribution >= 4 is 21.5 Å². The van der Waals surface area contributed by atoms with Gasteiger partial charge in [0.05, 0.1) is 23.5 Å². The van der Waals surface area contributed by atoms with Crippen LogP contribution in [-0.4, -0.2) is 31.4 Å². The first kappa shape index (κ1) is 22.7. The van der Waals surface area contributed by atoms with Gasteiger partial charge in [-0.15, -0.1) is 0 Å². The van der Waals surface area contributed by atoms with Crippen LogP contribution in [0.3, 0.4) is 0 Å². The van der Waals surface area contributed by atoms with E-state index in [1.807, 2.05) is 65.6 Å². The summed E-state index contributed by atoms with van der Waals surface area (Å²) in [6.07, 6.45) is 0.936. The lowest BCUT2D eigenvalue weighted by Crippen LogP contribution is -2.38. The fourth-order valence-corrected chi connectivity index (χ4v) is 3.91. The lowest BCUT2D eigenvalue weighted by Gasteiger charge is -2.28. The molecule has 0 aliphatic rings. The summed E-state index contributed by atoms with van der Waals surface area (Å²) in [6, 6.07) is 23.0. The summed E-state index contributed by atoms with van der Waals surface area (Å²) >= 11 is 0. The first-order chi connectivity index (χ1) is 14.7. The molecule has 0 aromatic heterocycles. The third-order valence-electron chi connectivity index (χ3n) is 4.94. The molecule has 1 atom stereocenters. The minimum absolute atomic E-state index is 0.146. The molecule has 1 unspecified atom stereocenters. The van der Waals surface area contributed by atoms with Crippen molar-refractivity contribution in [3.63, 3.8) is 0 Å². The van der Waals surface area contributed by atoms with E-state index in [0.29, 0.717) is 13.1 Å². The number of sulfonamides is 1. The van der Waals surface area contributed by atoms with E-state index in [-0.39, 0.29) is 11.3 Å². The molecule has 0 spiro atoms. The molecule has 0 amide bonds. The molecule has 5 nitrogen and oxygen atoms in total. The Hall–Kier alpha value is -3.03. The average molecular weight is 441 g/mol. The van der Waals surface area contributed by atoms with Crippen LogP contribution in [0.4, 0.5) is 10.1 Å². The third-order valence-corrected chi connectivity index (χ3v) is 5.53. The molecule has 0 aliphatic heterocycles. The molecule has 31 heavy (non-hydrogen) atoms. The Labute approximate surface area is 182 Å². The smallest absolute Gasteiger partial charge is 0.229 e. The number of anilines is 1. The summed E-state index contributed by atoms with van der Waals surface area (Å²) in [6.45, 7) is 2.75. The Bertz CT molecular complexity index is 1090. The van der Waals surface area contributed by atoms with Crippen LogP contribution in [0.15, 0.2) is 78.9 Å². The predicted molar refractivity (Wildman–Crippen MR) is 121 cm³/mol. The van der Waals surface area contributed by atoms with Crippen molar-refractivity contribution in [2.75, 3.05) is 11.0 Å². The quantitative estimate of drug-likeness (QED) is 0.499. The third kappa shape index (κ3) is 6.23. The van der Waals surface area contributed by atoms with Crippen LogP contribution in [0, 0.1) is 5.82 Å². The highest BCUT2D eigenvalue weighted by atomic mass is 32.2. The number of rotatable bonds is 9. The van der Waals surface area contributed by atoms with Crippen molar-refractivity contribution in [2.24, 2.45) is 0 Å². The molecule has 3 aromatic rings. The predicted octanol–water partition coefficient (Wildman–Crippen LogP) is 4.47. The molecule has 0 bridgehead atoms. The molecule has 7 heteroatoms. The van der Waals surface area contributed by atoms with E-state index in [2.05, 4.69) is 4.72 Å². The normalized spacial score (nSPS) is 12.5. The van der Waals surface area contributed by atoms with Gasteiger partial charge in [-0.2, -0.15) is 0 Å². The molecule has 3 aromatic carbocycles. The van der Waals surface area contributed by atoms with Gasteiger partial charge in [-0.1, -0.05) is 66.7 Å². The minimum Gasteiger partial charge on any atom is -0.292 e. The number of benzene rings is 3. The minimum atomic E-state index is -3.67. The van der Waals surface area contributed by atoms with E-state index in [1.165, 1.54) is 18.2 Å². The zero-order valence-corrected chi connectivity index (χ0v) is 18.3. The molecule has 162 valence electrons. The average Bonchev–Trinajstić information content (AvgIpc) is 2.74. The Kier molecular flexibility index (Phi) is 7.20. The van der Waals surface area contributed by atoms with Crippen LogP contribution in [0.1, 0.15) is 28.4 Å².